The molecule has 1 N–H and O–H groups in total. The standard InChI is InChI=1S/C25H26Cl2N2O3/c1-16(2)28-25(31)17(3)29(14-19-11-12-20(26)13-22(19)27)24(30)15-32-23-10-6-8-18-7-4-5-9-21(18)23/h4-13,16-17H,14-15H2,1-3H3,(H,28,31)/t17-/m0/s1. The molecule has 0 aliphatic carbocycles. The van der Waals surface area contributed by atoms with Gasteiger partial charge in [0.2, 0.25) is 5.91 Å². The van der Waals surface area contributed by atoms with E-state index in [2.05, 4.69) is 5.32 Å². The van der Waals surface area contributed by atoms with E-state index in [1.54, 1.807) is 25.1 Å². The number of rotatable bonds is 8. The van der Waals surface area contributed by atoms with Crippen molar-refractivity contribution in [2.24, 2.45) is 0 Å². The summed E-state index contributed by atoms with van der Waals surface area (Å²) in [7, 11) is 0. The Kier molecular flexibility index (Phi) is 7.99. The van der Waals surface area contributed by atoms with E-state index in [0.717, 1.165) is 10.8 Å². The second-order valence-corrected chi connectivity index (χ2v) is 8.71. The molecule has 2 amide bonds. The van der Waals surface area contributed by atoms with E-state index < -0.39 is 6.04 Å². The molecular weight excluding hydrogens is 447 g/mol. The first-order chi connectivity index (χ1) is 15.3. The number of hydrogen-bond donors (Lipinski definition) is 1. The fourth-order valence-electron chi connectivity index (χ4n) is 3.37. The van der Waals surface area contributed by atoms with Crippen molar-refractivity contribution in [1.29, 1.82) is 0 Å². The van der Waals surface area contributed by atoms with Gasteiger partial charge in [-0.1, -0.05) is 65.7 Å². The molecular formula is C25H26Cl2N2O3. The Labute approximate surface area is 198 Å². The van der Waals surface area contributed by atoms with E-state index in [1.165, 1.54) is 4.90 Å². The van der Waals surface area contributed by atoms with Crippen molar-refractivity contribution in [1.82, 2.24) is 10.2 Å². The highest BCUT2D eigenvalue weighted by Gasteiger charge is 2.27. The third-order valence-corrected chi connectivity index (χ3v) is 5.64. The average molecular weight is 473 g/mol. The van der Waals surface area contributed by atoms with Gasteiger partial charge in [0.1, 0.15) is 11.8 Å². The van der Waals surface area contributed by atoms with E-state index >= 15 is 0 Å². The summed E-state index contributed by atoms with van der Waals surface area (Å²) in [6, 6.07) is 17.8. The molecule has 0 aliphatic heterocycles. The summed E-state index contributed by atoms with van der Waals surface area (Å²) in [4.78, 5) is 27.4. The minimum absolute atomic E-state index is 0.0482. The highest BCUT2D eigenvalue weighted by atomic mass is 35.5. The Morgan fingerprint density at radius 3 is 2.44 bits per heavy atom. The molecule has 0 spiro atoms. The van der Waals surface area contributed by atoms with E-state index in [-0.39, 0.29) is 31.0 Å². The van der Waals surface area contributed by atoms with Crippen LogP contribution in [0, 0.1) is 0 Å². The van der Waals surface area contributed by atoms with Crippen LogP contribution >= 0.6 is 23.2 Å². The Bertz CT molecular complexity index is 1110. The quantitative estimate of drug-likeness (QED) is 0.472. The molecule has 0 heterocycles. The molecule has 5 nitrogen and oxygen atoms in total. The van der Waals surface area contributed by atoms with Crippen molar-refractivity contribution in [2.45, 2.75) is 39.4 Å². The van der Waals surface area contributed by atoms with Gasteiger partial charge in [-0.2, -0.15) is 0 Å². The molecule has 0 aromatic heterocycles. The van der Waals surface area contributed by atoms with Gasteiger partial charge in [-0.15, -0.1) is 0 Å². The highest BCUT2D eigenvalue weighted by molar-refractivity contribution is 6.35. The van der Waals surface area contributed by atoms with Crippen LogP contribution in [0.25, 0.3) is 10.8 Å². The predicted octanol–water partition coefficient (Wildman–Crippen LogP) is 5.47. The Hall–Kier alpha value is -2.76. The lowest BCUT2D eigenvalue weighted by Crippen LogP contribution is -2.50. The Balaban J connectivity index is 1.82. The molecule has 0 saturated heterocycles. The number of benzene rings is 3. The second-order valence-electron chi connectivity index (χ2n) is 7.86. The fourth-order valence-corrected chi connectivity index (χ4v) is 3.83. The molecule has 0 radical (unpaired) electrons. The highest BCUT2D eigenvalue weighted by Crippen LogP contribution is 2.26. The first-order valence-electron chi connectivity index (χ1n) is 10.4. The summed E-state index contributed by atoms with van der Waals surface area (Å²) in [5, 5.41) is 5.73. The van der Waals surface area contributed by atoms with Crippen LogP contribution in [0.15, 0.2) is 60.7 Å². The third-order valence-electron chi connectivity index (χ3n) is 5.05. The number of fused-ring (bicyclic) bond motifs is 1. The number of hydrogen-bond acceptors (Lipinski definition) is 3. The van der Waals surface area contributed by atoms with Crippen LogP contribution < -0.4 is 10.1 Å². The topological polar surface area (TPSA) is 58.6 Å². The normalized spacial score (nSPS) is 11.9. The molecule has 0 bridgehead atoms. The molecule has 0 unspecified atom stereocenters. The smallest absolute Gasteiger partial charge is 0.261 e. The van der Waals surface area contributed by atoms with Gasteiger partial charge in [-0.25, -0.2) is 0 Å². The number of nitrogens with one attached hydrogen (secondary N) is 1. The van der Waals surface area contributed by atoms with Gasteiger partial charge < -0.3 is 15.0 Å². The zero-order chi connectivity index (χ0) is 23.3. The van der Waals surface area contributed by atoms with Crippen LogP contribution in [0.5, 0.6) is 5.75 Å². The maximum absolute atomic E-state index is 13.2. The van der Waals surface area contributed by atoms with Crippen LogP contribution in [0.3, 0.4) is 0 Å². The van der Waals surface area contributed by atoms with E-state index in [9.17, 15) is 9.59 Å². The van der Waals surface area contributed by atoms with Crippen LogP contribution in [0.1, 0.15) is 26.3 Å². The lowest BCUT2D eigenvalue weighted by Gasteiger charge is -2.29. The van der Waals surface area contributed by atoms with E-state index in [4.69, 9.17) is 27.9 Å². The molecule has 7 heteroatoms. The zero-order valence-corrected chi connectivity index (χ0v) is 19.8. The van der Waals surface area contributed by atoms with Crippen LogP contribution in [0.2, 0.25) is 10.0 Å². The SMILES string of the molecule is CC(C)NC(=O)[C@H](C)N(Cc1ccc(Cl)cc1Cl)C(=O)COc1cccc2ccccc12. The number of carbonyl (C=O) groups is 2. The lowest BCUT2D eigenvalue weighted by molar-refractivity contribution is -0.142. The average Bonchev–Trinajstić information content (AvgIpc) is 2.76. The van der Waals surface area contributed by atoms with Gasteiger partial charge in [0.25, 0.3) is 5.91 Å². The van der Waals surface area contributed by atoms with Crippen LogP contribution in [-0.4, -0.2) is 35.4 Å². The van der Waals surface area contributed by atoms with Gasteiger partial charge in [-0.3, -0.25) is 9.59 Å². The first kappa shape index (κ1) is 23.9. The van der Waals surface area contributed by atoms with Crippen molar-refractivity contribution in [3.05, 3.63) is 76.3 Å². The number of nitrogens with zero attached hydrogens (tertiary/aromatic N) is 1. The maximum atomic E-state index is 13.2. The summed E-state index contributed by atoms with van der Waals surface area (Å²) < 4.78 is 5.88. The fraction of sp³-hybridized carbons (Fsp3) is 0.280. The molecule has 3 aromatic carbocycles. The number of amides is 2. The van der Waals surface area contributed by atoms with Crippen molar-refractivity contribution < 1.29 is 14.3 Å². The maximum Gasteiger partial charge on any atom is 0.261 e. The molecule has 32 heavy (non-hydrogen) atoms. The van der Waals surface area contributed by atoms with E-state index in [1.807, 2.05) is 56.3 Å². The number of halogens is 2. The van der Waals surface area contributed by atoms with Crippen molar-refractivity contribution in [2.75, 3.05) is 6.61 Å². The summed E-state index contributed by atoms with van der Waals surface area (Å²) in [5.74, 6) is 0.0409. The molecule has 0 aliphatic rings. The van der Waals surface area contributed by atoms with Gasteiger partial charge in [0.05, 0.1) is 0 Å². The Morgan fingerprint density at radius 2 is 1.72 bits per heavy atom. The minimum atomic E-state index is -0.715. The van der Waals surface area contributed by atoms with Crippen LogP contribution in [-0.2, 0) is 16.1 Å². The monoisotopic (exact) mass is 472 g/mol. The molecule has 0 fully saturated rings. The number of ether oxygens (including phenoxy) is 1. The summed E-state index contributed by atoms with van der Waals surface area (Å²) in [5.41, 5.74) is 0.693. The third kappa shape index (κ3) is 5.93. The summed E-state index contributed by atoms with van der Waals surface area (Å²) in [6.45, 7) is 5.38. The molecule has 3 aromatic rings. The van der Waals surface area contributed by atoms with E-state index in [0.29, 0.717) is 21.4 Å². The predicted molar refractivity (Wildman–Crippen MR) is 129 cm³/mol. The van der Waals surface area contributed by atoms with Crippen molar-refractivity contribution in [3.63, 3.8) is 0 Å². The van der Waals surface area contributed by atoms with Crippen molar-refractivity contribution >= 4 is 45.8 Å². The summed E-state index contributed by atoms with van der Waals surface area (Å²) in [6.07, 6.45) is 0. The van der Waals surface area contributed by atoms with Gasteiger partial charge in [-0.05, 0) is 49.9 Å². The first-order valence-corrected chi connectivity index (χ1v) is 11.2. The van der Waals surface area contributed by atoms with Crippen LogP contribution in [0.4, 0.5) is 0 Å². The lowest BCUT2D eigenvalue weighted by atomic mass is 10.1. The molecule has 0 saturated carbocycles. The second kappa shape index (κ2) is 10.7. The van der Waals surface area contributed by atoms with Gasteiger partial charge in [0, 0.05) is 28.0 Å². The van der Waals surface area contributed by atoms with Crippen molar-refractivity contribution in [3.8, 4) is 5.75 Å². The minimum Gasteiger partial charge on any atom is -0.483 e. The van der Waals surface area contributed by atoms with Gasteiger partial charge in [0.15, 0.2) is 6.61 Å². The van der Waals surface area contributed by atoms with Gasteiger partial charge >= 0.3 is 0 Å². The molecule has 3 rings (SSSR count). The largest absolute Gasteiger partial charge is 0.483 e. The zero-order valence-electron chi connectivity index (χ0n) is 18.3. The Morgan fingerprint density at radius 1 is 1.00 bits per heavy atom. The molecule has 168 valence electrons. The molecule has 1 atom stereocenters. The number of carbonyl (C=O) groups excluding carboxylic acids is 2. The summed E-state index contributed by atoms with van der Waals surface area (Å²) >= 11 is 12.3.